The highest BCUT2D eigenvalue weighted by molar-refractivity contribution is 7.71. The summed E-state index contributed by atoms with van der Waals surface area (Å²) in [6.45, 7) is 6.47. The predicted molar refractivity (Wildman–Crippen MR) is 64.8 cm³/mol. The summed E-state index contributed by atoms with van der Waals surface area (Å²) in [5.74, 6) is 0.866. The van der Waals surface area contributed by atoms with Crippen LogP contribution in [0, 0.1) is 4.77 Å². The normalized spacial score (nSPS) is 12.5. The molecule has 1 aromatic rings. The molecule has 1 heterocycles. The number of likely N-dealkylation sites (N-methyl/N-ethyl adjacent to an activating group) is 1. The molecule has 1 N–H and O–H groups in total. The molecule has 0 aliphatic rings. The number of H-pyrrole nitrogens is 1. The van der Waals surface area contributed by atoms with Gasteiger partial charge in [0.1, 0.15) is 11.9 Å². The van der Waals surface area contributed by atoms with Crippen molar-refractivity contribution in [2.45, 2.75) is 33.2 Å². The van der Waals surface area contributed by atoms with Crippen molar-refractivity contribution in [1.29, 1.82) is 0 Å². The van der Waals surface area contributed by atoms with Gasteiger partial charge >= 0.3 is 0 Å². The topological polar surface area (TPSA) is 53.9 Å². The second-order valence-electron chi connectivity index (χ2n) is 3.70. The second kappa shape index (κ2) is 5.25. The van der Waals surface area contributed by atoms with E-state index in [4.69, 9.17) is 12.2 Å². The summed E-state index contributed by atoms with van der Waals surface area (Å²) in [7, 11) is 1.79. The van der Waals surface area contributed by atoms with Gasteiger partial charge in [-0.1, -0.05) is 6.92 Å². The van der Waals surface area contributed by atoms with Gasteiger partial charge in [-0.25, -0.2) is 0 Å². The van der Waals surface area contributed by atoms with Crippen molar-refractivity contribution < 1.29 is 4.79 Å². The number of carbonyl (C=O) groups excluding carboxylic acids is 1. The molecule has 6 heteroatoms. The number of carbonyl (C=O) groups is 1. The van der Waals surface area contributed by atoms with E-state index in [0.717, 1.165) is 12.2 Å². The highest BCUT2D eigenvalue weighted by atomic mass is 32.1. The molecule has 0 bridgehead atoms. The molecule has 0 radical (unpaired) electrons. The van der Waals surface area contributed by atoms with E-state index in [1.807, 2.05) is 20.8 Å². The molecule has 0 fully saturated rings. The molecule has 0 saturated heterocycles. The fourth-order valence-electron chi connectivity index (χ4n) is 1.57. The van der Waals surface area contributed by atoms with E-state index in [2.05, 4.69) is 10.2 Å². The Balaban J connectivity index is 3.04. The summed E-state index contributed by atoms with van der Waals surface area (Å²) >= 11 is 5.13. The Labute approximate surface area is 100 Å². The summed E-state index contributed by atoms with van der Waals surface area (Å²) in [5, 5.41) is 6.82. The molecule has 0 saturated carbocycles. The number of amides is 1. The lowest BCUT2D eigenvalue weighted by molar-refractivity contribution is -0.132. The minimum atomic E-state index is -0.300. The molecule has 90 valence electrons. The molecule has 0 aliphatic heterocycles. The van der Waals surface area contributed by atoms with Gasteiger partial charge in [-0.05, 0) is 26.1 Å². The van der Waals surface area contributed by atoms with Gasteiger partial charge in [0.15, 0.2) is 4.77 Å². The van der Waals surface area contributed by atoms with Crippen LogP contribution in [0.4, 0.5) is 0 Å². The van der Waals surface area contributed by atoms with Gasteiger partial charge in [-0.3, -0.25) is 14.5 Å². The highest BCUT2D eigenvalue weighted by Crippen LogP contribution is 2.12. The largest absolute Gasteiger partial charge is 0.344 e. The molecule has 1 amide bonds. The van der Waals surface area contributed by atoms with Crippen LogP contribution in [0.15, 0.2) is 0 Å². The molecule has 1 aromatic heterocycles. The SMILES string of the molecule is CCc1n[nH]c(=S)n1C(C)C(=O)N(C)CC. The predicted octanol–water partition coefficient (Wildman–Crippen LogP) is 1.54. The van der Waals surface area contributed by atoms with Gasteiger partial charge in [-0.2, -0.15) is 5.10 Å². The molecule has 1 rings (SSSR count). The van der Waals surface area contributed by atoms with Crippen LogP contribution in [-0.4, -0.2) is 39.2 Å². The van der Waals surface area contributed by atoms with Crippen molar-refractivity contribution in [3.05, 3.63) is 10.6 Å². The highest BCUT2D eigenvalue weighted by Gasteiger charge is 2.21. The summed E-state index contributed by atoms with van der Waals surface area (Å²) in [6.07, 6.45) is 0.751. The maximum atomic E-state index is 12.0. The minimum Gasteiger partial charge on any atom is -0.344 e. The summed E-state index contributed by atoms with van der Waals surface area (Å²) in [4.78, 5) is 13.7. The van der Waals surface area contributed by atoms with Gasteiger partial charge in [0.25, 0.3) is 0 Å². The van der Waals surface area contributed by atoms with Crippen LogP contribution in [0.1, 0.15) is 32.6 Å². The summed E-state index contributed by atoms with van der Waals surface area (Å²) in [5.41, 5.74) is 0. The summed E-state index contributed by atoms with van der Waals surface area (Å²) < 4.78 is 2.28. The Morgan fingerprint density at radius 1 is 1.62 bits per heavy atom. The average molecular weight is 242 g/mol. The average Bonchev–Trinajstić information content (AvgIpc) is 2.67. The lowest BCUT2D eigenvalue weighted by atomic mass is 10.2. The lowest BCUT2D eigenvalue weighted by Crippen LogP contribution is -2.33. The molecule has 0 spiro atoms. The zero-order valence-electron chi connectivity index (χ0n) is 10.1. The standard InChI is InChI=1S/C10H18N4OS/c1-5-8-11-12-10(16)14(8)7(3)9(15)13(4)6-2/h7H,5-6H2,1-4H3,(H,12,16). The van der Waals surface area contributed by atoms with E-state index in [1.54, 1.807) is 16.5 Å². The van der Waals surface area contributed by atoms with E-state index in [1.165, 1.54) is 0 Å². The van der Waals surface area contributed by atoms with Gasteiger partial charge in [-0.15, -0.1) is 0 Å². The maximum absolute atomic E-state index is 12.0. The van der Waals surface area contributed by atoms with Gasteiger partial charge in [0, 0.05) is 20.0 Å². The summed E-state index contributed by atoms with van der Waals surface area (Å²) in [6, 6.07) is -0.300. The Morgan fingerprint density at radius 2 is 2.25 bits per heavy atom. The number of nitrogens with one attached hydrogen (secondary N) is 1. The van der Waals surface area contributed by atoms with Gasteiger partial charge in [0.05, 0.1) is 0 Å². The molecule has 1 unspecified atom stereocenters. The lowest BCUT2D eigenvalue weighted by Gasteiger charge is -2.21. The molecule has 16 heavy (non-hydrogen) atoms. The first-order valence-corrected chi connectivity index (χ1v) is 5.84. The third-order valence-electron chi connectivity index (χ3n) is 2.69. The van der Waals surface area contributed by atoms with Crippen LogP contribution in [-0.2, 0) is 11.2 Å². The van der Waals surface area contributed by atoms with Crippen LogP contribution in [0.3, 0.4) is 0 Å². The number of aryl methyl sites for hydroxylation is 1. The number of hydrogen-bond donors (Lipinski definition) is 1. The number of hydrogen-bond acceptors (Lipinski definition) is 3. The smallest absolute Gasteiger partial charge is 0.245 e. The van der Waals surface area contributed by atoms with Crippen LogP contribution >= 0.6 is 12.2 Å². The first kappa shape index (κ1) is 12.9. The van der Waals surface area contributed by atoms with Crippen molar-refractivity contribution in [3.63, 3.8) is 0 Å². The molecule has 5 nitrogen and oxygen atoms in total. The fraction of sp³-hybridized carbons (Fsp3) is 0.700. The Bertz CT molecular complexity index is 423. The maximum Gasteiger partial charge on any atom is 0.245 e. The van der Waals surface area contributed by atoms with E-state index in [-0.39, 0.29) is 11.9 Å². The molecular formula is C10H18N4OS. The van der Waals surface area contributed by atoms with Gasteiger partial charge in [0.2, 0.25) is 5.91 Å². The Hall–Kier alpha value is -1.17. The van der Waals surface area contributed by atoms with Crippen LogP contribution in [0.25, 0.3) is 0 Å². The molecule has 0 aliphatic carbocycles. The number of aromatic amines is 1. The van der Waals surface area contributed by atoms with E-state index >= 15 is 0 Å². The third kappa shape index (κ3) is 2.32. The zero-order chi connectivity index (χ0) is 12.3. The molecular weight excluding hydrogens is 224 g/mol. The quantitative estimate of drug-likeness (QED) is 0.815. The Kier molecular flexibility index (Phi) is 4.23. The van der Waals surface area contributed by atoms with Crippen molar-refractivity contribution in [2.75, 3.05) is 13.6 Å². The number of rotatable bonds is 4. The van der Waals surface area contributed by atoms with Gasteiger partial charge < -0.3 is 4.90 Å². The van der Waals surface area contributed by atoms with E-state index in [9.17, 15) is 4.79 Å². The third-order valence-corrected chi connectivity index (χ3v) is 2.98. The number of aromatic nitrogens is 3. The molecule has 0 aromatic carbocycles. The monoisotopic (exact) mass is 242 g/mol. The van der Waals surface area contributed by atoms with Crippen LogP contribution in [0.2, 0.25) is 0 Å². The van der Waals surface area contributed by atoms with Crippen molar-refractivity contribution in [3.8, 4) is 0 Å². The van der Waals surface area contributed by atoms with Crippen molar-refractivity contribution >= 4 is 18.1 Å². The Morgan fingerprint density at radius 3 is 2.75 bits per heavy atom. The van der Waals surface area contributed by atoms with E-state index < -0.39 is 0 Å². The van der Waals surface area contributed by atoms with Crippen molar-refractivity contribution in [2.24, 2.45) is 0 Å². The van der Waals surface area contributed by atoms with Crippen LogP contribution < -0.4 is 0 Å². The zero-order valence-corrected chi connectivity index (χ0v) is 11.0. The van der Waals surface area contributed by atoms with Crippen molar-refractivity contribution in [1.82, 2.24) is 19.7 Å². The van der Waals surface area contributed by atoms with E-state index in [0.29, 0.717) is 11.3 Å². The first-order chi connectivity index (χ1) is 7.52. The number of nitrogens with zero attached hydrogens (tertiary/aromatic N) is 3. The fourth-order valence-corrected chi connectivity index (χ4v) is 1.88. The first-order valence-electron chi connectivity index (χ1n) is 5.43. The minimum absolute atomic E-state index is 0.0506. The second-order valence-corrected chi connectivity index (χ2v) is 4.08. The van der Waals surface area contributed by atoms with Crippen LogP contribution in [0.5, 0.6) is 0 Å². The molecule has 1 atom stereocenters.